The molecule has 0 aliphatic carbocycles. The fourth-order valence-electron chi connectivity index (χ4n) is 5.23. The zero-order valence-electron chi connectivity index (χ0n) is 25.0. The van der Waals surface area contributed by atoms with Gasteiger partial charge in [0.05, 0.1) is 34.5 Å². The maximum Gasteiger partial charge on any atom is 0.335 e. The second-order valence-electron chi connectivity index (χ2n) is 10.5. The first kappa shape index (κ1) is 30.3. The summed E-state index contributed by atoms with van der Waals surface area (Å²) in [5.41, 5.74) is 3.68. The molecule has 0 unspecified atom stereocenters. The molecule has 0 saturated carbocycles. The van der Waals surface area contributed by atoms with E-state index in [-0.39, 0.29) is 23.6 Å². The third-order valence-corrected chi connectivity index (χ3v) is 8.45. The molecule has 1 aliphatic rings. The number of thiazole rings is 1. The predicted octanol–water partition coefficient (Wildman–Crippen LogP) is 5.16. The second kappa shape index (κ2) is 13.1. The molecule has 4 aromatic carbocycles. The molecule has 1 aromatic heterocycles. The van der Waals surface area contributed by atoms with Crippen LogP contribution >= 0.6 is 11.3 Å². The fourth-order valence-corrected chi connectivity index (χ4v) is 6.28. The largest absolute Gasteiger partial charge is 0.497 e. The Bertz CT molecular complexity index is 2150. The van der Waals surface area contributed by atoms with Crippen molar-refractivity contribution in [2.24, 2.45) is 4.99 Å². The number of carbonyl (C=O) groups excluding carboxylic acids is 1. The Morgan fingerprint density at radius 2 is 1.72 bits per heavy atom. The molecule has 2 N–H and O–H groups in total. The maximum atomic E-state index is 14.0. The molecular weight excluding hydrogens is 602 g/mol. The van der Waals surface area contributed by atoms with Crippen molar-refractivity contribution in [3.8, 4) is 11.5 Å². The van der Waals surface area contributed by atoms with Gasteiger partial charge in [-0.3, -0.25) is 14.2 Å². The van der Waals surface area contributed by atoms with Gasteiger partial charge >= 0.3 is 5.97 Å². The van der Waals surface area contributed by atoms with Gasteiger partial charge in [0.15, 0.2) is 4.80 Å². The lowest BCUT2D eigenvalue weighted by molar-refractivity contribution is -0.113. The van der Waals surface area contributed by atoms with Crippen LogP contribution in [0.25, 0.3) is 6.08 Å². The van der Waals surface area contributed by atoms with Crippen LogP contribution in [0.4, 0.5) is 5.69 Å². The van der Waals surface area contributed by atoms with Crippen LogP contribution in [0.15, 0.2) is 124 Å². The summed E-state index contributed by atoms with van der Waals surface area (Å²) >= 11 is 1.25. The summed E-state index contributed by atoms with van der Waals surface area (Å²) < 4.78 is 13.4. The highest BCUT2D eigenvalue weighted by atomic mass is 32.1. The van der Waals surface area contributed by atoms with Gasteiger partial charge in [0.25, 0.3) is 11.5 Å². The van der Waals surface area contributed by atoms with Crippen LogP contribution in [0, 0.1) is 0 Å². The van der Waals surface area contributed by atoms with Gasteiger partial charge in [0.1, 0.15) is 18.1 Å². The number of aromatic carboxylic acids is 1. The highest BCUT2D eigenvalue weighted by Gasteiger charge is 2.32. The van der Waals surface area contributed by atoms with Crippen LogP contribution in [-0.2, 0) is 11.4 Å². The van der Waals surface area contributed by atoms with Crippen LogP contribution in [-0.4, -0.2) is 28.7 Å². The van der Waals surface area contributed by atoms with Crippen LogP contribution in [0.2, 0.25) is 0 Å². The van der Waals surface area contributed by atoms with Gasteiger partial charge in [-0.05, 0) is 78.2 Å². The van der Waals surface area contributed by atoms with Crippen molar-refractivity contribution in [2.45, 2.75) is 19.6 Å². The Hall–Kier alpha value is -5.74. The number of carbonyl (C=O) groups is 2. The molecule has 6 rings (SSSR count). The molecule has 0 spiro atoms. The molecule has 0 saturated heterocycles. The monoisotopic (exact) mass is 631 g/mol. The Morgan fingerprint density at radius 3 is 2.46 bits per heavy atom. The van der Waals surface area contributed by atoms with Crippen LogP contribution in [0.5, 0.6) is 11.5 Å². The molecule has 1 aliphatic heterocycles. The third-order valence-electron chi connectivity index (χ3n) is 7.46. The number of ether oxygens (including phenoxy) is 2. The van der Waals surface area contributed by atoms with Gasteiger partial charge in [-0.25, -0.2) is 9.79 Å². The number of methoxy groups -OCH3 is 1. The van der Waals surface area contributed by atoms with E-state index in [2.05, 4.69) is 5.32 Å². The van der Waals surface area contributed by atoms with Crippen molar-refractivity contribution < 1.29 is 24.2 Å². The number of para-hydroxylation sites is 1. The van der Waals surface area contributed by atoms with Crippen molar-refractivity contribution >= 4 is 35.0 Å². The maximum absolute atomic E-state index is 14.0. The summed E-state index contributed by atoms with van der Waals surface area (Å²) in [6.07, 6.45) is 1.79. The summed E-state index contributed by atoms with van der Waals surface area (Å²) in [5.74, 6) is -0.135. The number of nitrogens with zero attached hydrogens (tertiary/aromatic N) is 2. The van der Waals surface area contributed by atoms with Gasteiger partial charge in [-0.1, -0.05) is 65.9 Å². The molecule has 5 aromatic rings. The van der Waals surface area contributed by atoms with Crippen molar-refractivity contribution in [2.75, 3.05) is 12.4 Å². The second-order valence-corrected chi connectivity index (χ2v) is 11.6. The highest BCUT2D eigenvalue weighted by Crippen LogP contribution is 2.32. The minimum absolute atomic E-state index is 0.200. The molecule has 1 amide bonds. The SMILES string of the molecule is COc1cccc([C@@H]2C(C(=O)Nc3ccccc3)=C(C)N=c3s/c(=C\c4ccc(OCc5cccc(C(=O)O)c5)cc4)c(=O)n32)c1. The molecular formula is C36H29N3O6S. The van der Waals surface area contributed by atoms with Crippen molar-refractivity contribution in [3.05, 3.63) is 156 Å². The van der Waals surface area contributed by atoms with Gasteiger partial charge in [-0.15, -0.1) is 0 Å². The van der Waals surface area contributed by atoms with E-state index in [4.69, 9.17) is 14.5 Å². The molecule has 0 fully saturated rings. The zero-order chi connectivity index (χ0) is 32.2. The minimum atomic E-state index is -0.992. The van der Waals surface area contributed by atoms with Gasteiger partial charge in [0.2, 0.25) is 0 Å². The summed E-state index contributed by atoms with van der Waals surface area (Å²) in [6.45, 7) is 1.99. The van der Waals surface area contributed by atoms with Crippen LogP contribution in [0.1, 0.15) is 40.0 Å². The number of hydrogen-bond donors (Lipinski definition) is 2. The minimum Gasteiger partial charge on any atom is -0.497 e. The van der Waals surface area contributed by atoms with E-state index in [0.717, 1.165) is 16.7 Å². The van der Waals surface area contributed by atoms with Gasteiger partial charge in [-0.2, -0.15) is 0 Å². The van der Waals surface area contributed by atoms with Crippen LogP contribution < -0.4 is 29.7 Å². The molecule has 1 atom stereocenters. The Labute approximate surface area is 268 Å². The Kier molecular flexibility index (Phi) is 8.62. The van der Waals surface area contributed by atoms with E-state index in [1.807, 2.05) is 54.6 Å². The lowest BCUT2D eigenvalue weighted by atomic mass is 9.95. The number of aromatic nitrogens is 1. The lowest BCUT2D eigenvalue weighted by Gasteiger charge is -2.25. The number of amides is 1. The number of allylic oxidation sites excluding steroid dienone is 1. The van der Waals surface area contributed by atoms with Gasteiger partial charge in [0, 0.05) is 5.69 Å². The van der Waals surface area contributed by atoms with Crippen molar-refractivity contribution in [3.63, 3.8) is 0 Å². The molecule has 0 radical (unpaired) electrons. The highest BCUT2D eigenvalue weighted by molar-refractivity contribution is 7.07. The number of nitrogens with one attached hydrogen (secondary N) is 1. The first-order valence-electron chi connectivity index (χ1n) is 14.4. The smallest absolute Gasteiger partial charge is 0.335 e. The van der Waals surface area contributed by atoms with E-state index in [1.54, 1.807) is 67.1 Å². The van der Waals surface area contributed by atoms with E-state index >= 15 is 0 Å². The topological polar surface area (TPSA) is 119 Å². The number of carboxylic acid groups (broad SMARTS) is 1. The molecule has 9 nitrogen and oxygen atoms in total. The van der Waals surface area contributed by atoms with Gasteiger partial charge < -0.3 is 19.9 Å². The number of rotatable bonds is 9. The summed E-state index contributed by atoms with van der Waals surface area (Å²) in [6, 6.07) is 29.6. The van der Waals surface area contributed by atoms with E-state index in [0.29, 0.717) is 37.8 Å². The molecule has 46 heavy (non-hydrogen) atoms. The number of benzene rings is 4. The normalized spacial score (nSPS) is 14.3. The third kappa shape index (κ3) is 6.38. The summed E-state index contributed by atoms with van der Waals surface area (Å²) in [7, 11) is 1.57. The number of fused-ring (bicyclic) bond motifs is 1. The quantitative estimate of drug-likeness (QED) is 0.232. The molecule has 0 bridgehead atoms. The first-order chi connectivity index (χ1) is 22.3. The van der Waals surface area contributed by atoms with Crippen LogP contribution in [0.3, 0.4) is 0 Å². The predicted molar refractivity (Wildman–Crippen MR) is 176 cm³/mol. The summed E-state index contributed by atoms with van der Waals surface area (Å²) in [5, 5.41) is 12.2. The standard InChI is InChI=1S/C36H29N3O6S/c1-22-31(33(40)38-27-11-4-3-5-12-27)32(25-9-7-13-29(20-25)44-2)39-34(41)30(46-36(39)37-22)19-23-14-16-28(17-15-23)45-21-24-8-6-10-26(18-24)35(42)43/h3-20,32H,21H2,1-2H3,(H,38,40)(H,42,43)/b30-19-/t32-/m1/s1. The molecule has 10 heteroatoms. The molecule has 230 valence electrons. The molecule has 2 heterocycles. The van der Waals surface area contributed by atoms with E-state index in [9.17, 15) is 19.5 Å². The number of hydrogen-bond acceptors (Lipinski definition) is 7. The summed E-state index contributed by atoms with van der Waals surface area (Å²) in [4.78, 5) is 44.2. The van der Waals surface area contributed by atoms with Crippen molar-refractivity contribution in [1.29, 1.82) is 0 Å². The first-order valence-corrected chi connectivity index (χ1v) is 15.2. The lowest BCUT2D eigenvalue weighted by Crippen LogP contribution is -2.40. The fraction of sp³-hybridized carbons (Fsp3) is 0.111. The van der Waals surface area contributed by atoms with E-state index in [1.165, 1.54) is 17.4 Å². The van der Waals surface area contributed by atoms with Crippen molar-refractivity contribution in [1.82, 2.24) is 4.57 Å². The average molecular weight is 632 g/mol. The number of carboxylic acids is 1. The Balaban J connectivity index is 1.33. The zero-order valence-corrected chi connectivity index (χ0v) is 25.8. The van der Waals surface area contributed by atoms with E-state index < -0.39 is 12.0 Å². The average Bonchev–Trinajstić information content (AvgIpc) is 3.37. The Morgan fingerprint density at radius 1 is 0.957 bits per heavy atom. The number of anilines is 1.